The predicted octanol–water partition coefficient (Wildman–Crippen LogP) is 2.97. The van der Waals surface area contributed by atoms with Gasteiger partial charge >= 0.3 is 0 Å². The van der Waals surface area contributed by atoms with E-state index in [2.05, 4.69) is 15.6 Å². The van der Waals surface area contributed by atoms with Crippen LogP contribution in [0.25, 0.3) is 0 Å². The second-order valence-electron chi connectivity index (χ2n) is 7.63. The van der Waals surface area contributed by atoms with E-state index in [0.29, 0.717) is 12.5 Å². The van der Waals surface area contributed by atoms with Crippen molar-refractivity contribution in [1.82, 2.24) is 10.6 Å². The van der Waals surface area contributed by atoms with Crippen LogP contribution in [-0.2, 0) is 16.4 Å². The molecule has 0 aromatic heterocycles. The molecule has 0 heterocycles. The number of halogens is 1. The van der Waals surface area contributed by atoms with Gasteiger partial charge in [0.25, 0.3) is 0 Å². The molecule has 2 N–H and O–H groups in total. The van der Waals surface area contributed by atoms with Gasteiger partial charge in [-0.25, -0.2) is 8.42 Å². The van der Waals surface area contributed by atoms with Crippen LogP contribution in [0.3, 0.4) is 0 Å². The average molecular weight is 497 g/mol. The second-order valence-corrected chi connectivity index (χ2v) is 10.3. The highest BCUT2D eigenvalue weighted by atomic mass is 127. The molecule has 0 saturated carbocycles. The third kappa shape index (κ3) is 8.11. The van der Waals surface area contributed by atoms with Crippen molar-refractivity contribution in [3.8, 4) is 5.75 Å². The zero-order valence-electron chi connectivity index (χ0n) is 16.7. The Morgan fingerprint density at radius 2 is 1.69 bits per heavy atom. The Bertz CT molecular complexity index is 711. The number of benzene rings is 1. The molecule has 0 bridgehead atoms. The first-order chi connectivity index (χ1) is 11.4. The number of rotatable bonds is 6. The van der Waals surface area contributed by atoms with Gasteiger partial charge in [-0.05, 0) is 40.7 Å². The number of hydrogen-bond donors (Lipinski definition) is 2. The van der Waals surface area contributed by atoms with Crippen LogP contribution < -0.4 is 15.4 Å². The van der Waals surface area contributed by atoms with Crippen molar-refractivity contribution in [2.75, 3.05) is 19.8 Å². The molecule has 1 rings (SSSR count). The lowest BCUT2D eigenvalue weighted by Crippen LogP contribution is -2.47. The highest BCUT2D eigenvalue weighted by Gasteiger charge is 2.30. The molecule has 8 heteroatoms. The topological polar surface area (TPSA) is 79.8 Å². The van der Waals surface area contributed by atoms with Gasteiger partial charge in [-0.2, -0.15) is 0 Å². The lowest BCUT2D eigenvalue weighted by molar-refractivity contribution is 0.129. The van der Waals surface area contributed by atoms with Crippen LogP contribution in [0.15, 0.2) is 29.3 Å². The lowest BCUT2D eigenvalue weighted by atomic mass is 10.1. The Labute approximate surface area is 175 Å². The zero-order valence-corrected chi connectivity index (χ0v) is 19.9. The smallest absolute Gasteiger partial charge is 0.191 e. The normalized spacial score (nSPS) is 13.0. The average Bonchev–Trinajstić information content (AvgIpc) is 2.46. The fraction of sp³-hybridized carbons (Fsp3) is 0.611. The summed E-state index contributed by atoms with van der Waals surface area (Å²) in [4.78, 5) is 4.15. The molecule has 0 aliphatic heterocycles. The highest BCUT2D eigenvalue weighted by molar-refractivity contribution is 14.0. The van der Waals surface area contributed by atoms with Gasteiger partial charge < -0.3 is 15.4 Å². The van der Waals surface area contributed by atoms with E-state index in [1.54, 1.807) is 20.9 Å². The Morgan fingerprint density at radius 3 is 2.19 bits per heavy atom. The van der Waals surface area contributed by atoms with Gasteiger partial charge in [0, 0.05) is 32.0 Å². The van der Waals surface area contributed by atoms with Crippen molar-refractivity contribution in [3.63, 3.8) is 0 Å². The third-order valence-electron chi connectivity index (χ3n) is 3.74. The van der Waals surface area contributed by atoms with E-state index in [1.807, 2.05) is 45.0 Å². The molecular formula is C18H32IN3O3S. The largest absolute Gasteiger partial charge is 0.488 e. The summed E-state index contributed by atoms with van der Waals surface area (Å²) in [6.07, 6.45) is 1.24. The monoisotopic (exact) mass is 497 g/mol. The van der Waals surface area contributed by atoms with Gasteiger partial charge in [-0.1, -0.05) is 18.2 Å². The first-order valence-electron chi connectivity index (χ1n) is 8.27. The molecule has 0 atom stereocenters. The summed E-state index contributed by atoms with van der Waals surface area (Å²) in [5.74, 6) is 1.36. The summed E-state index contributed by atoms with van der Waals surface area (Å²) in [6, 6.07) is 7.81. The number of aliphatic imine (C=N–C) groups is 1. The first-order valence-corrected chi connectivity index (χ1v) is 10.2. The van der Waals surface area contributed by atoms with Crippen molar-refractivity contribution >= 4 is 39.8 Å². The molecule has 0 aliphatic rings. The van der Waals surface area contributed by atoms with E-state index < -0.39 is 14.6 Å². The van der Waals surface area contributed by atoms with Crippen LogP contribution in [0.2, 0.25) is 0 Å². The molecule has 0 amide bonds. The molecule has 0 aliphatic carbocycles. The van der Waals surface area contributed by atoms with Gasteiger partial charge in [-0.3, -0.25) is 4.99 Å². The maximum Gasteiger partial charge on any atom is 0.191 e. The highest BCUT2D eigenvalue weighted by Crippen LogP contribution is 2.22. The molecule has 0 unspecified atom stereocenters. The molecule has 1 aromatic carbocycles. The van der Waals surface area contributed by atoms with Gasteiger partial charge in [0.05, 0.1) is 4.75 Å². The fourth-order valence-corrected chi connectivity index (χ4v) is 2.24. The molecule has 0 radical (unpaired) electrons. The Balaban J connectivity index is 0.00000625. The standard InChI is InChI=1S/C18H31N3O3S.HI/c1-17(2,3)24-15-11-9-8-10-14(15)12-20-16(19-6)21-13-18(4,5)25(7,22)23;/h8-11H,12-13H2,1-7H3,(H2,19,20,21);1H. The molecule has 150 valence electrons. The quantitative estimate of drug-likeness (QED) is 0.359. The van der Waals surface area contributed by atoms with Crippen LogP contribution in [0.5, 0.6) is 5.75 Å². The Morgan fingerprint density at radius 1 is 1.12 bits per heavy atom. The molecule has 1 aromatic rings. The van der Waals surface area contributed by atoms with E-state index in [1.165, 1.54) is 6.26 Å². The molecule has 26 heavy (non-hydrogen) atoms. The fourth-order valence-electron chi connectivity index (χ4n) is 1.91. The van der Waals surface area contributed by atoms with Crippen molar-refractivity contribution in [2.24, 2.45) is 4.99 Å². The number of sulfone groups is 1. The van der Waals surface area contributed by atoms with Crippen LogP contribution >= 0.6 is 24.0 Å². The SMILES string of the molecule is CN=C(NCc1ccccc1OC(C)(C)C)NCC(C)(C)S(C)(=O)=O.I. The Hall–Kier alpha value is -1.03. The van der Waals surface area contributed by atoms with E-state index in [0.717, 1.165) is 11.3 Å². The number of guanidine groups is 1. The van der Waals surface area contributed by atoms with E-state index in [9.17, 15) is 8.42 Å². The maximum absolute atomic E-state index is 11.8. The predicted molar refractivity (Wildman–Crippen MR) is 119 cm³/mol. The minimum absolute atomic E-state index is 0. The number of ether oxygens (including phenoxy) is 1. The van der Waals surface area contributed by atoms with Gasteiger partial charge in [0.1, 0.15) is 11.4 Å². The number of para-hydroxylation sites is 1. The van der Waals surface area contributed by atoms with Crippen molar-refractivity contribution in [2.45, 2.75) is 51.5 Å². The summed E-state index contributed by atoms with van der Waals surface area (Å²) in [7, 11) is -1.51. The minimum atomic E-state index is -3.17. The summed E-state index contributed by atoms with van der Waals surface area (Å²) >= 11 is 0. The van der Waals surface area contributed by atoms with Gasteiger partial charge in [-0.15, -0.1) is 24.0 Å². The van der Waals surface area contributed by atoms with Gasteiger partial charge in [0.15, 0.2) is 15.8 Å². The van der Waals surface area contributed by atoms with Crippen LogP contribution in [0, 0.1) is 0 Å². The zero-order chi connectivity index (χ0) is 19.3. The third-order valence-corrected chi connectivity index (χ3v) is 5.90. The van der Waals surface area contributed by atoms with Crippen molar-refractivity contribution in [3.05, 3.63) is 29.8 Å². The summed E-state index contributed by atoms with van der Waals surface area (Å²) in [5, 5.41) is 6.27. The summed E-state index contributed by atoms with van der Waals surface area (Å²) in [6.45, 7) is 10.2. The molecule has 0 spiro atoms. The second kappa shape index (κ2) is 9.77. The summed E-state index contributed by atoms with van der Waals surface area (Å²) in [5.41, 5.74) is 0.720. The number of nitrogens with zero attached hydrogens (tertiary/aromatic N) is 1. The Kier molecular flexibility index (Phi) is 9.39. The van der Waals surface area contributed by atoms with Gasteiger partial charge in [0.2, 0.25) is 0 Å². The van der Waals surface area contributed by atoms with E-state index in [4.69, 9.17) is 4.74 Å². The molecule has 0 fully saturated rings. The molecule has 6 nitrogen and oxygen atoms in total. The van der Waals surface area contributed by atoms with E-state index >= 15 is 0 Å². The molecular weight excluding hydrogens is 465 g/mol. The number of nitrogens with one attached hydrogen (secondary N) is 2. The molecule has 0 saturated heterocycles. The first kappa shape index (κ1) is 25.0. The maximum atomic E-state index is 11.8. The summed E-state index contributed by atoms with van der Waals surface area (Å²) < 4.78 is 28.7. The number of hydrogen-bond acceptors (Lipinski definition) is 4. The lowest BCUT2D eigenvalue weighted by Gasteiger charge is -2.25. The van der Waals surface area contributed by atoms with Crippen LogP contribution in [-0.4, -0.2) is 44.6 Å². The van der Waals surface area contributed by atoms with Crippen molar-refractivity contribution in [1.29, 1.82) is 0 Å². The van der Waals surface area contributed by atoms with Crippen LogP contribution in [0.4, 0.5) is 0 Å². The van der Waals surface area contributed by atoms with Crippen LogP contribution in [0.1, 0.15) is 40.2 Å². The van der Waals surface area contributed by atoms with Crippen molar-refractivity contribution < 1.29 is 13.2 Å². The minimum Gasteiger partial charge on any atom is -0.488 e. The van der Waals surface area contributed by atoms with E-state index in [-0.39, 0.29) is 36.1 Å².